The first-order valence-electron chi connectivity index (χ1n) is 5.75. The maximum Gasteiger partial charge on any atom is 0.412 e. The van der Waals surface area contributed by atoms with Gasteiger partial charge in [-0.05, 0) is 24.3 Å². The number of nitro groups is 1. The van der Waals surface area contributed by atoms with Gasteiger partial charge in [-0.25, -0.2) is 4.79 Å². The van der Waals surface area contributed by atoms with Crippen LogP contribution in [0.15, 0.2) is 48.7 Å². The van der Waals surface area contributed by atoms with Crippen LogP contribution in [0, 0.1) is 10.1 Å². The zero-order chi connectivity index (χ0) is 14.4. The lowest BCUT2D eigenvalue weighted by Gasteiger charge is -2.05. The summed E-state index contributed by atoms with van der Waals surface area (Å²) in [6.45, 7) is 0.243. The van der Waals surface area contributed by atoms with Gasteiger partial charge in [-0.2, -0.15) is 0 Å². The number of carbonyl (C=O) groups is 1. The topological polar surface area (TPSA) is 94.4 Å². The highest BCUT2D eigenvalue weighted by atomic mass is 16.6. The molecule has 0 saturated heterocycles. The molecule has 1 N–H and O–H groups in total. The molecule has 0 aliphatic rings. The number of benzene rings is 1. The van der Waals surface area contributed by atoms with Crippen LogP contribution in [0.25, 0.3) is 0 Å². The van der Waals surface area contributed by atoms with Gasteiger partial charge in [0.2, 0.25) is 0 Å². The minimum Gasteiger partial charge on any atom is -0.410 e. The van der Waals surface area contributed by atoms with Crippen molar-refractivity contribution in [1.29, 1.82) is 0 Å². The molecule has 7 nitrogen and oxygen atoms in total. The van der Waals surface area contributed by atoms with E-state index in [1.165, 1.54) is 24.3 Å². The van der Waals surface area contributed by atoms with Crippen LogP contribution >= 0.6 is 0 Å². The molecule has 7 heteroatoms. The van der Waals surface area contributed by atoms with Crippen molar-refractivity contribution in [2.75, 3.05) is 0 Å². The van der Waals surface area contributed by atoms with Crippen LogP contribution in [0.2, 0.25) is 0 Å². The molecular formula is C13H11N3O4. The van der Waals surface area contributed by atoms with Gasteiger partial charge >= 0.3 is 6.09 Å². The third-order valence-corrected chi connectivity index (χ3v) is 2.40. The van der Waals surface area contributed by atoms with Crippen LogP contribution in [0.5, 0.6) is 5.75 Å². The van der Waals surface area contributed by atoms with Crippen molar-refractivity contribution >= 4 is 11.8 Å². The molecule has 1 aromatic carbocycles. The van der Waals surface area contributed by atoms with Crippen LogP contribution in [0.1, 0.15) is 5.69 Å². The third-order valence-electron chi connectivity index (χ3n) is 2.40. The number of non-ortho nitro benzene ring substituents is 1. The number of hydrogen-bond acceptors (Lipinski definition) is 5. The van der Waals surface area contributed by atoms with Crippen LogP contribution in [-0.4, -0.2) is 16.0 Å². The molecule has 102 valence electrons. The summed E-state index contributed by atoms with van der Waals surface area (Å²) in [6.07, 6.45) is 0.975. The quantitative estimate of drug-likeness (QED) is 0.681. The first-order chi connectivity index (χ1) is 9.65. The average Bonchev–Trinajstić information content (AvgIpc) is 2.47. The summed E-state index contributed by atoms with van der Waals surface area (Å²) < 4.78 is 4.97. The summed E-state index contributed by atoms with van der Waals surface area (Å²) in [5, 5.41) is 13.0. The normalized spacial score (nSPS) is 9.80. The van der Waals surface area contributed by atoms with Crippen LogP contribution in [0.3, 0.4) is 0 Å². The van der Waals surface area contributed by atoms with Gasteiger partial charge in [0.05, 0.1) is 17.2 Å². The van der Waals surface area contributed by atoms with E-state index < -0.39 is 11.0 Å². The number of aromatic nitrogens is 1. The Morgan fingerprint density at radius 3 is 2.60 bits per heavy atom. The summed E-state index contributed by atoms with van der Waals surface area (Å²) in [5.74, 6) is 0.231. The number of nitrogens with one attached hydrogen (secondary N) is 1. The standard InChI is InChI=1S/C13H11N3O4/c17-13(15-9-10-3-1-2-8-14-10)20-12-6-4-11(5-7-12)16(18)19/h1-8H,9H2,(H,15,17). The summed E-state index contributed by atoms with van der Waals surface area (Å²) in [5.41, 5.74) is 0.638. The lowest BCUT2D eigenvalue weighted by molar-refractivity contribution is -0.384. The van der Waals surface area contributed by atoms with Gasteiger partial charge in [0.1, 0.15) is 5.75 Å². The first kappa shape index (κ1) is 13.5. The van der Waals surface area contributed by atoms with Crippen molar-refractivity contribution in [2.45, 2.75) is 6.54 Å². The molecule has 0 aliphatic heterocycles. The van der Waals surface area contributed by atoms with E-state index in [1.807, 2.05) is 6.07 Å². The third kappa shape index (κ3) is 3.77. The number of nitro benzene ring substituents is 1. The molecule has 1 heterocycles. The molecule has 0 spiro atoms. The molecule has 0 fully saturated rings. The van der Waals surface area contributed by atoms with Gasteiger partial charge < -0.3 is 10.1 Å². The number of carbonyl (C=O) groups excluding carboxylic acids is 1. The predicted octanol–water partition coefficient (Wildman–Crippen LogP) is 2.28. The number of pyridine rings is 1. The van der Waals surface area contributed by atoms with Gasteiger partial charge in [0.15, 0.2) is 0 Å². The SMILES string of the molecule is O=C(NCc1ccccn1)Oc1ccc([N+](=O)[O-])cc1. The van der Waals surface area contributed by atoms with Crippen molar-refractivity contribution in [3.8, 4) is 5.75 Å². The van der Waals surface area contributed by atoms with Crippen LogP contribution < -0.4 is 10.1 Å². The fourth-order valence-corrected chi connectivity index (χ4v) is 1.44. The molecule has 1 aromatic heterocycles. The Morgan fingerprint density at radius 1 is 1.25 bits per heavy atom. The molecule has 0 aliphatic carbocycles. The highest BCUT2D eigenvalue weighted by molar-refractivity contribution is 5.70. The summed E-state index contributed by atoms with van der Waals surface area (Å²) in [6, 6.07) is 10.6. The fourth-order valence-electron chi connectivity index (χ4n) is 1.44. The second-order valence-electron chi connectivity index (χ2n) is 3.82. The Bertz CT molecular complexity index is 599. The van der Waals surface area contributed by atoms with Crippen molar-refractivity contribution in [2.24, 2.45) is 0 Å². The van der Waals surface area contributed by atoms with Gasteiger partial charge in [0.25, 0.3) is 5.69 Å². The van der Waals surface area contributed by atoms with E-state index in [0.717, 1.165) is 0 Å². The van der Waals surface area contributed by atoms with E-state index in [0.29, 0.717) is 5.69 Å². The van der Waals surface area contributed by atoms with Gasteiger partial charge in [-0.3, -0.25) is 15.1 Å². The zero-order valence-corrected chi connectivity index (χ0v) is 10.4. The Morgan fingerprint density at radius 2 is 2.00 bits per heavy atom. The largest absolute Gasteiger partial charge is 0.412 e. The molecule has 2 aromatic rings. The number of amides is 1. The number of hydrogen-bond donors (Lipinski definition) is 1. The molecule has 1 amide bonds. The Hall–Kier alpha value is -2.96. The second-order valence-corrected chi connectivity index (χ2v) is 3.82. The lowest BCUT2D eigenvalue weighted by Crippen LogP contribution is -2.26. The average molecular weight is 273 g/mol. The number of nitrogens with zero attached hydrogens (tertiary/aromatic N) is 2. The smallest absolute Gasteiger partial charge is 0.410 e. The summed E-state index contributed by atoms with van der Waals surface area (Å²) >= 11 is 0. The van der Waals surface area contributed by atoms with Crippen molar-refractivity contribution in [3.05, 3.63) is 64.5 Å². The first-order valence-corrected chi connectivity index (χ1v) is 5.75. The molecule has 2 rings (SSSR count). The number of ether oxygens (including phenoxy) is 1. The highest BCUT2D eigenvalue weighted by Gasteiger charge is 2.07. The van der Waals surface area contributed by atoms with E-state index in [4.69, 9.17) is 4.74 Å². The number of rotatable bonds is 4. The molecule has 0 saturated carbocycles. The predicted molar refractivity (Wildman–Crippen MR) is 70.2 cm³/mol. The Labute approximate surface area is 114 Å². The van der Waals surface area contributed by atoms with Gasteiger partial charge in [0, 0.05) is 18.3 Å². The van der Waals surface area contributed by atoms with Crippen molar-refractivity contribution in [3.63, 3.8) is 0 Å². The highest BCUT2D eigenvalue weighted by Crippen LogP contribution is 2.17. The summed E-state index contributed by atoms with van der Waals surface area (Å²) in [7, 11) is 0. The molecule has 0 atom stereocenters. The van der Waals surface area contributed by atoms with E-state index in [2.05, 4.69) is 10.3 Å². The van der Waals surface area contributed by atoms with Crippen molar-refractivity contribution in [1.82, 2.24) is 10.3 Å². The maximum absolute atomic E-state index is 11.5. The monoisotopic (exact) mass is 273 g/mol. The van der Waals surface area contributed by atoms with E-state index in [-0.39, 0.29) is 18.0 Å². The van der Waals surface area contributed by atoms with Gasteiger partial charge in [-0.1, -0.05) is 6.07 Å². The molecular weight excluding hydrogens is 262 g/mol. The van der Waals surface area contributed by atoms with E-state index in [1.54, 1.807) is 18.3 Å². The van der Waals surface area contributed by atoms with Crippen molar-refractivity contribution < 1.29 is 14.5 Å². The minimum absolute atomic E-state index is 0.0637. The minimum atomic E-state index is -0.649. The maximum atomic E-state index is 11.5. The fraction of sp³-hybridized carbons (Fsp3) is 0.0769. The zero-order valence-electron chi connectivity index (χ0n) is 10.4. The molecule has 0 unspecified atom stereocenters. The summed E-state index contributed by atoms with van der Waals surface area (Å²) in [4.78, 5) is 25.5. The van der Waals surface area contributed by atoms with Crippen LogP contribution in [0.4, 0.5) is 10.5 Å². The second kappa shape index (κ2) is 6.28. The van der Waals surface area contributed by atoms with E-state index in [9.17, 15) is 14.9 Å². The molecule has 20 heavy (non-hydrogen) atoms. The Kier molecular flexibility index (Phi) is 4.23. The Balaban J connectivity index is 1.86. The van der Waals surface area contributed by atoms with E-state index >= 15 is 0 Å². The lowest BCUT2D eigenvalue weighted by atomic mass is 10.3. The van der Waals surface area contributed by atoms with Gasteiger partial charge in [-0.15, -0.1) is 0 Å². The molecule has 0 radical (unpaired) electrons. The van der Waals surface area contributed by atoms with Crippen LogP contribution in [-0.2, 0) is 6.54 Å². The molecule has 0 bridgehead atoms.